The molecule has 0 amide bonds. The Labute approximate surface area is 127 Å². The van der Waals surface area contributed by atoms with Crippen molar-refractivity contribution in [1.82, 2.24) is 4.90 Å². The van der Waals surface area contributed by atoms with Crippen LogP contribution in [0.15, 0.2) is 22.0 Å². The number of rotatable bonds is 3. The Kier molecular flexibility index (Phi) is 4.86. The van der Waals surface area contributed by atoms with Crippen LogP contribution in [0.25, 0.3) is 0 Å². The van der Waals surface area contributed by atoms with Crippen molar-refractivity contribution in [1.29, 1.82) is 0 Å². The Hall–Kier alpha value is -1.17. The molecule has 0 radical (unpaired) electrons. The molecule has 0 saturated carbocycles. The van der Waals surface area contributed by atoms with Crippen LogP contribution in [-0.2, 0) is 0 Å². The van der Waals surface area contributed by atoms with Crippen LogP contribution in [0.1, 0.15) is 24.0 Å². The summed E-state index contributed by atoms with van der Waals surface area (Å²) in [6, 6.07) is 3.69. The minimum atomic E-state index is -4.15. The lowest BCUT2D eigenvalue weighted by molar-refractivity contribution is -0.105. The largest absolute Gasteiger partial charge is 0.398 e. The monoisotopic (exact) mass is 316 g/mol. The second-order valence-corrected chi connectivity index (χ2v) is 6.38. The van der Waals surface area contributed by atoms with E-state index in [1.807, 2.05) is 27.0 Å². The molecule has 0 aliphatic carbocycles. The van der Waals surface area contributed by atoms with Crippen molar-refractivity contribution in [2.75, 3.05) is 19.3 Å². The van der Waals surface area contributed by atoms with Crippen molar-refractivity contribution >= 4 is 23.3 Å². The van der Waals surface area contributed by atoms with Gasteiger partial charge in [0.1, 0.15) is 5.84 Å². The Morgan fingerprint density at radius 2 is 1.95 bits per heavy atom. The SMILES string of the molecule is Cc1cc(C)c(SCC(F)(F)F)cc1N=C1CCCN1C. The molecule has 0 unspecified atom stereocenters. The predicted octanol–water partition coefficient (Wildman–Crippen LogP) is 4.71. The molecule has 0 bridgehead atoms. The van der Waals surface area contributed by atoms with Crippen molar-refractivity contribution in [3.05, 3.63) is 23.3 Å². The quantitative estimate of drug-likeness (QED) is 0.750. The second-order valence-electron chi connectivity index (χ2n) is 5.36. The molecule has 1 saturated heterocycles. The number of aliphatic imine (C=N–C) groups is 1. The molecule has 1 heterocycles. The van der Waals surface area contributed by atoms with Crippen LogP contribution in [0.3, 0.4) is 0 Å². The maximum Gasteiger partial charge on any atom is 0.398 e. The first-order valence-electron chi connectivity index (χ1n) is 6.86. The van der Waals surface area contributed by atoms with Crippen molar-refractivity contribution in [3.8, 4) is 0 Å². The van der Waals surface area contributed by atoms with Crippen LogP contribution in [0.4, 0.5) is 18.9 Å². The fourth-order valence-corrected chi connectivity index (χ4v) is 3.13. The zero-order valence-electron chi connectivity index (χ0n) is 12.4. The zero-order valence-corrected chi connectivity index (χ0v) is 13.2. The third-order valence-electron chi connectivity index (χ3n) is 3.47. The van der Waals surface area contributed by atoms with Crippen LogP contribution in [0.2, 0.25) is 0 Å². The molecule has 2 nitrogen and oxygen atoms in total. The molecule has 2 rings (SSSR count). The molecule has 1 aliphatic rings. The maximum atomic E-state index is 12.4. The van der Waals surface area contributed by atoms with Gasteiger partial charge in [0.25, 0.3) is 0 Å². The molecule has 0 aromatic heterocycles. The molecule has 1 aromatic carbocycles. The standard InChI is InChI=1S/C15H19F3N2S/c1-10-7-11(2)13(21-9-15(16,17)18)8-12(10)19-14-5-4-6-20(14)3/h7-8H,4-6,9H2,1-3H3. The fourth-order valence-electron chi connectivity index (χ4n) is 2.33. The summed E-state index contributed by atoms with van der Waals surface area (Å²) < 4.78 is 37.1. The van der Waals surface area contributed by atoms with Crippen molar-refractivity contribution in [3.63, 3.8) is 0 Å². The van der Waals surface area contributed by atoms with Crippen LogP contribution in [-0.4, -0.2) is 36.3 Å². The van der Waals surface area contributed by atoms with Gasteiger partial charge in [0.2, 0.25) is 0 Å². The van der Waals surface area contributed by atoms with Gasteiger partial charge in [-0.15, -0.1) is 11.8 Å². The second kappa shape index (κ2) is 6.30. The molecular formula is C15H19F3N2S. The smallest absolute Gasteiger partial charge is 0.363 e. The first-order valence-corrected chi connectivity index (χ1v) is 7.84. The average molecular weight is 316 g/mol. The van der Waals surface area contributed by atoms with E-state index < -0.39 is 11.9 Å². The molecule has 0 atom stereocenters. The highest BCUT2D eigenvalue weighted by molar-refractivity contribution is 7.99. The number of thioether (sulfide) groups is 1. The van der Waals surface area contributed by atoms with Gasteiger partial charge in [-0.05, 0) is 37.5 Å². The summed E-state index contributed by atoms with van der Waals surface area (Å²) in [4.78, 5) is 7.38. The Morgan fingerprint density at radius 3 is 2.52 bits per heavy atom. The summed E-state index contributed by atoms with van der Waals surface area (Å²) >= 11 is 0.828. The van der Waals surface area contributed by atoms with E-state index in [-0.39, 0.29) is 0 Å². The third kappa shape index (κ3) is 4.40. The van der Waals surface area contributed by atoms with E-state index in [4.69, 9.17) is 0 Å². The van der Waals surface area contributed by atoms with Gasteiger partial charge < -0.3 is 4.90 Å². The summed E-state index contributed by atoms with van der Waals surface area (Å²) in [7, 11) is 1.99. The minimum Gasteiger partial charge on any atom is -0.363 e. The molecule has 1 aliphatic heterocycles. The molecule has 0 N–H and O–H groups in total. The van der Waals surface area contributed by atoms with E-state index in [0.29, 0.717) is 4.90 Å². The summed E-state index contributed by atoms with van der Waals surface area (Å²) in [6.45, 7) is 4.77. The third-order valence-corrected chi connectivity index (χ3v) is 4.69. The first-order chi connectivity index (χ1) is 9.76. The average Bonchev–Trinajstić information content (AvgIpc) is 2.76. The number of likely N-dealkylation sites (tertiary alicyclic amines) is 1. The summed E-state index contributed by atoms with van der Waals surface area (Å²) in [5, 5.41) is 0. The van der Waals surface area contributed by atoms with E-state index in [1.165, 1.54) is 0 Å². The Morgan fingerprint density at radius 1 is 1.24 bits per heavy atom. The highest BCUT2D eigenvalue weighted by atomic mass is 32.2. The zero-order chi connectivity index (χ0) is 15.6. The lowest BCUT2D eigenvalue weighted by atomic mass is 10.1. The van der Waals surface area contributed by atoms with Crippen molar-refractivity contribution in [2.45, 2.75) is 37.8 Å². The summed E-state index contributed by atoms with van der Waals surface area (Å²) in [5.41, 5.74) is 2.64. The molecule has 1 aromatic rings. The van der Waals surface area contributed by atoms with Gasteiger partial charge in [0, 0.05) is 24.9 Å². The number of amidine groups is 1. The maximum absolute atomic E-state index is 12.4. The van der Waals surface area contributed by atoms with Crippen molar-refractivity contribution in [2.24, 2.45) is 4.99 Å². The molecular weight excluding hydrogens is 297 g/mol. The van der Waals surface area contributed by atoms with Gasteiger partial charge in [-0.1, -0.05) is 6.07 Å². The van der Waals surface area contributed by atoms with E-state index >= 15 is 0 Å². The number of hydrogen-bond acceptors (Lipinski definition) is 2. The fraction of sp³-hybridized carbons (Fsp3) is 0.533. The van der Waals surface area contributed by atoms with Crippen LogP contribution in [0, 0.1) is 13.8 Å². The molecule has 21 heavy (non-hydrogen) atoms. The van der Waals surface area contributed by atoms with Gasteiger partial charge in [0.15, 0.2) is 0 Å². The Bertz CT molecular complexity index is 553. The molecule has 0 spiro atoms. The van der Waals surface area contributed by atoms with Crippen LogP contribution >= 0.6 is 11.8 Å². The lowest BCUT2D eigenvalue weighted by Crippen LogP contribution is -2.18. The van der Waals surface area contributed by atoms with Gasteiger partial charge >= 0.3 is 6.18 Å². The lowest BCUT2D eigenvalue weighted by Gasteiger charge is -2.14. The first kappa shape index (κ1) is 16.2. The number of alkyl halides is 3. The number of halogens is 3. The van der Waals surface area contributed by atoms with Crippen molar-refractivity contribution < 1.29 is 13.2 Å². The Balaban J connectivity index is 2.26. The van der Waals surface area contributed by atoms with E-state index in [9.17, 15) is 13.2 Å². The van der Waals surface area contributed by atoms with E-state index in [0.717, 1.165) is 53.8 Å². The van der Waals surface area contributed by atoms with E-state index in [2.05, 4.69) is 9.89 Å². The van der Waals surface area contributed by atoms with Gasteiger partial charge in [-0.25, -0.2) is 4.99 Å². The topological polar surface area (TPSA) is 15.6 Å². The molecule has 116 valence electrons. The summed E-state index contributed by atoms with van der Waals surface area (Å²) in [5.74, 6) is 0.140. The molecule has 1 fully saturated rings. The van der Waals surface area contributed by atoms with Gasteiger partial charge in [0.05, 0.1) is 11.4 Å². The van der Waals surface area contributed by atoms with Gasteiger partial charge in [-0.3, -0.25) is 0 Å². The predicted molar refractivity (Wildman–Crippen MR) is 81.7 cm³/mol. The van der Waals surface area contributed by atoms with Crippen LogP contribution < -0.4 is 0 Å². The highest BCUT2D eigenvalue weighted by Gasteiger charge is 2.27. The van der Waals surface area contributed by atoms with Crippen LogP contribution in [0.5, 0.6) is 0 Å². The number of hydrogen-bond donors (Lipinski definition) is 0. The number of benzene rings is 1. The minimum absolute atomic E-state index is 0.651. The summed E-state index contributed by atoms with van der Waals surface area (Å²) in [6.07, 6.45) is -2.15. The van der Waals surface area contributed by atoms with Gasteiger partial charge in [-0.2, -0.15) is 13.2 Å². The normalized spacial score (nSPS) is 17.8. The number of aryl methyl sites for hydroxylation is 2. The van der Waals surface area contributed by atoms with E-state index in [1.54, 1.807) is 6.07 Å². The number of nitrogens with zero attached hydrogens (tertiary/aromatic N) is 2. The highest BCUT2D eigenvalue weighted by Crippen LogP contribution is 2.34. The molecule has 6 heteroatoms.